The summed E-state index contributed by atoms with van der Waals surface area (Å²) in [7, 11) is 0. The Balaban J connectivity index is 2.99. The molecule has 1 aromatic carbocycles. The Morgan fingerprint density at radius 1 is 1.62 bits per heavy atom. The van der Waals surface area contributed by atoms with Crippen molar-refractivity contribution in [3.8, 4) is 6.07 Å². The zero-order valence-electron chi connectivity index (χ0n) is 9.03. The minimum atomic E-state index is 0.688. The van der Waals surface area contributed by atoms with Gasteiger partial charge in [0, 0.05) is 5.02 Å². The van der Waals surface area contributed by atoms with E-state index in [-0.39, 0.29) is 0 Å². The first-order valence-electron chi connectivity index (χ1n) is 4.75. The van der Waals surface area contributed by atoms with Crippen LogP contribution in [-0.4, -0.2) is 6.26 Å². The number of hydrogen-bond acceptors (Lipinski definition) is 2. The first kappa shape index (κ1) is 12.9. The van der Waals surface area contributed by atoms with Gasteiger partial charge < -0.3 is 0 Å². The van der Waals surface area contributed by atoms with E-state index in [1.54, 1.807) is 6.08 Å². The summed E-state index contributed by atoms with van der Waals surface area (Å²) in [4.78, 5) is 0.704. The van der Waals surface area contributed by atoms with E-state index in [0.29, 0.717) is 16.3 Å². The third kappa shape index (κ3) is 3.44. The zero-order chi connectivity index (χ0) is 12.0. The molecule has 82 valence electrons. The second-order valence-corrected chi connectivity index (χ2v) is 4.43. The van der Waals surface area contributed by atoms with Crippen LogP contribution in [0.5, 0.6) is 0 Å². The lowest BCUT2D eigenvalue weighted by Gasteiger charge is -2.05. The lowest BCUT2D eigenvalue weighted by atomic mass is 10.1. The van der Waals surface area contributed by atoms with Gasteiger partial charge in [0.1, 0.15) is 6.07 Å². The predicted molar refractivity (Wildman–Crippen MR) is 71.5 cm³/mol. The molecule has 1 nitrogen and oxygen atoms in total. The number of halogens is 1. The Morgan fingerprint density at radius 3 is 2.88 bits per heavy atom. The number of nitriles is 1. The van der Waals surface area contributed by atoms with Crippen molar-refractivity contribution in [1.82, 2.24) is 0 Å². The third-order valence-corrected chi connectivity index (χ3v) is 3.12. The van der Waals surface area contributed by atoms with Gasteiger partial charge in [-0.1, -0.05) is 36.4 Å². The molecule has 16 heavy (non-hydrogen) atoms. The largest absolute Gasteiger partial charge is 0.192 e. The second-order valence-electron chi connectivity index (χ2n) is 3.18. The van der Waals surface area contributed by atoms with Crippen LogP contribution < -0.4 is 0 Å². The third-order valence-electron chi connectivity index (χ3n) is 2.13. The maximum atomic E-state index is 8.96. The first-order valence-corrected chi connectivity index (χ1v) is 6.35. The molecule has 0 spiro atoms. The average Bonchev–Trinajstić information content (AvgIpc) is 2.29. The van der Waals surface area contributed by atoms with Gasteiger partial charge in [-0.2, -0.15) is 5.26 Å². The van der Waals surface area contributed by atoms with Crippen molar-refractivity contribution >= 4 is 23.4 Å². The molecule has 0 radical (unpaired) electrons. The predicted octanol–water partition coefficient (Wildman–Crippen LogP) is 4.21. The summed E-state index contributed by atoms with van der Waals surface area (Å²) >= 11 is 7.35. The highest BCUT2D eigenvalue weighted by Crippen LogP contribution is 2.21. The monoisotopic (exact) mass is 249 g/mol. The topological polar surface area (TPSA) is 23.8 Å². The maximum absolute atomic E-state index is 8.96. The highest BCUT2D eigenvalue weighted by Gasteiger charge is 2.04. The normalized spacial score (nSPS) is 11.6. The summed E-state index contributed by atoms with van der Waals surface area (Å²) in [5, 5.41) is 9.67. The fraction of sp³-hybridized carbons (Fsp3) is 0.154. The van der Waals surface area contributed by atoms with Crippen LogP contribution in [0.25, 0.3) is 0 Å². The van der Waals surface area contributed by atoms with Crippen LogP contribution in [-0.2, 0) is 6.42 Å². The number of nitrogens with zero attached hydrogens (tertiary/aromatic N) is 1. The molecule has 0 aromatic heterocycles. The Bertz CT molecular complexity index is 457. The minimum Gasteiger partial charge on any atom is -0.192 e. The molecule has 1 rings (SSSR count). The standard InChI is InChI=1S/C13H12ClNS/c1-3-11(13(9-15)16-2)7-10-5-4-6-12(14)8-10/h3-6,8H,1,7H2,2H3/b13-11+. The quantitative estimate of drug-likeness (QED) is 0.590. The SMILES string of the molecule is C=C/C(Cc1cccc(Cl)c1)=C(/C#N)SC. The first-order chi connectivity index (χ1) is 7.71. The summed E-state index contributed by atoms with van der Waals surface area (Å²) < 4.78 is 0. The van der Waals surface area contributed by atoms with Crippen molar-refractivity contribution in [2.75, 3.05) is 6.26 Å². The molecule has 0 bridgehead atoms. The van der Waals surface area contributed by atoms with Crippen LogP contribution >= 0.6 is 23.4 Å². The maximum Gasteiger partial charge on any atom is 0.106 e. The summed E-state index contributed by atoms with van der Waals surface area (Å²) in [5.41, 5.74) is 2.03. The van der Waals surface area contributed by atoms with Gasteiger partial charge in [-0.25, -0.2) is 0 Å². The highest BCUT2D eigenvalue weighted by atomic mass is 35.5. The molecular formula is C13H12ClNS. The van der Waals surface area contributed by atoms with E-state index >= 15 is 0 Å². The van der Waals surface area contributed by atoms with Crippen LogP contribution in [0.4, 0.5) is 0 Å². The van der Waals surface area contributed by atoms with Crippen LogP contribution in [0.1, 0.15) is 5.56 Å². The summed E-state index contributed by atoms with van der Waals surface area (Å²) in [6, 6.07) is 9.81. The number of thioether (sulfide) groups is 1. The van der Waals surface area contributed by atoms with Crippen molar-refractivity contribution in [1.29, 1.82) is 5.26 Å². The smallest absolute Gasteiger partial charge is 0.106 e. The number of benzene rings is 1. The van der Waals surface area contributed by atoms with Crippen molar-refractivity contribution in [3.63, 3.8) is 0 Å². The molecule has 0 aliphatic heterocycles. The Kier molecular flexibility index (Phi) is 5.18. The molecule has 0 heterocycles. The van der Waals surface area contributed by atoms with Crippen molar-refractivity contribution in [2.45, 2.75) is 6.42 Å². The van der Waals surface area contributed by atoms with Crippen LogP contribution in [0, 0.1) is 11.3 Å². The van der Waals surface area contributed by atoms with E-state index in [1.807, 2.05) is 30.5 Å². The van der Waals surface area contributed by atoms with Crippen LogP contribution in [0.3, 0.4) is 0 Å². The summed E-state index contributed by atoms with van der Waals surface area (Å²) in [6.45, 7) is 3.74. The van der Waals surface area contributed by atoms with Crippen LogP contribution in [0.15, 0.2) is 47.4 Å². The molecule has 1 aromatic rings. The molecule has 0 saturated carbocycles. The average molecular weight is 250 g/mol. The molecule has 0 amide bonds. The van der Waals surface area contributed by atoms with Gasteiger partial charge in [0.05, 0.1) is 4.91 Å². The molecule has 0 N–H and O–H groups in total. The fourth-order valence-corrected chi connectivity index (χ4v) is 2.08. The van der Waals surface area contributed by atoms with E-state index in [4.69, 9.17) is 16.9 Å². The van der Waals surface area contributed by atoms with Gasteiger partial charge in [-0.3, -0.25) is 0 Å². The minimum absolute atomic E-state index is 0.688. The summed E-state index contributed by atoms with van der Waals surface area (Å²) in [5.74, 6) is 0. The molecule has 0 saturated heterocycles. The van der Waals surface area contributed by atoms with E-state index in [1.165, 1.54) is 11.8 Å². The van der Waals surface area contributed by atoms with Crippen molar-refractivity contribution < 1.29 is 0 Å². The van der Waals surface area contributed by atoms with Gasteiger partial charge in [-0.05, 0) is 35.9 Å². The van der Waals surface area contributed by atoms with E-state index in [0.717, 1.165) is 11.1 Å². The van der Waals surface area contributed by atoms with Gasteiger partial charge in [0.25, 0.3) is 0 Å². The lowest BCUT2D eigenvalue weighted by molar-refractivity contribution is 1.19. The van der Waals surface area contributed by atoms with Gasteiger partial charge >= 0.3 is 0 Å². The Morgan fingerprint density at radius 2 is 2.38 bits per heavy atom. The fourth-order valence-electron chi connectivity index (χ4n) is 1.36. The molecule has 0 aliphatic carbocycles. The molecular weight excluding hydrogens is 238 g/mol. The molecule has 0 fully saturated rings. The summed E-state index contributed by atoms with van der Waals surface area (Å²) in [6.07, 6.45) is 4.31. The Labute approximate surface area is 105 Å². The lowest BCUT2D eigenvalue weighted by Crippen LogP contribution is -1.90. The van der Waals surface area contributed by atoms with E-state index in [2.05, 4.69) is 12.6 Å². The number of allylic oxidation sites excluding steroid dienone is 3. The van der Waals surface area contributed by atoms with Crippen LogP contribution in [0.2, 0.25) is 5.02 Å². The molecule has 0 unspecified atom stereocenters. The molecule has 0 atom stereocenters. The Hall–Kier alpha value is -1.17. The van der Waals surface area contributed by atoms with Crippen molar-refractivity contribution in [3.05, 3.63) is 58.0 Å². The number of hydrogen-bond donors (Lipinski definition) is 0. The van der Waals surface area contributed by atoms with Gasteiger partial charge in [-0.15, -0.1) is 11.8 Å². The molecule has 3 heteroatoms. The molecule has 0 aliphatic rings. The van der Waals surface area contributed by atoms with E-state index < -0.39 is 0 Å². The zero-order valence-corrected chi connectivity index (χ0v) is 10.6. The van der Waals surface area contributed by atoms with Gasteiger partial charge in [0.2, 0.25) is 0 Å². The van der Waals surface area contributed by atoms with Gasteiger partial charge in [0.15, 0.2) is 0 Å². The van der Waals surface area contributed by atoms with E-state index in [9.17, 15) is 0 Å². The van der Waals surface area contributed by atoms with Crippen molar-refractivity contribution in [2.24, 2.45) is 0 Å². The number of rotatable bonds is 4. The highest BCUT2D eigenvalue weighted by molar-refractivity contribution is 8.02. The second kappa shape index (κ2) is 6.42.